The van der Waals surface area contributed by atoms with Crippen molar-refractivity contribution in [3.63, 3.8) is 0 Å². The predicted octanol–water partition coefficient (Wildman–Crippen LogP) is 5.17. The summed E-state index contributed by atoms with van der Waals surface area (Å²) in [6.45, 7) is 0. The van der Waals surface area contributed by atoms with Gasteiger partial charge in [0, 0.05) is 10.8 Å². The lowest BCUT2D eigenvalue weighted by Crippen LogP contribution is -2.14. The molecule has 4 aliphatic carbocycles. The van der Waals surface area contributed by atoms with Gasteiger partial charge in [-0.3, -0.25) is 0 Å². The minimum Gasteiger partial charge on any atom is -0.0721 e. The zero-order valence-electron chi connectivity index (χ0n) is 8.20. The van der Waals surface area contributed by atoms with Crippen molar-refractivity contribution in [1.82, 2.24) is 0 Å². The van der Waals surface area contributed by atoms with Gasteiger partial charge in [0.1, 0.15) is 0 Å². The molecule has 0 aliphatic heterocycles. The molecule has 0 bridgehead atoms. The third-order valence-corrected chi connectivity index (χ3v) is 11.2. The van der Waals surface area contributed by atoms with Crippen molar-refractivity contribution in [2.45, 2.75) is 38.6 Å². The van der Waals surface area contributed by atoms with Crippen molar-refractivity contribution < 1.29 is 0 Å². The van der Waals surface area contributed by atoms with Crippen LogP contribution in [-0.4, -0.2) is 6.47 Å². The summed E-state index contributed by atoms with van der Waals surface area (Å²) in [6.07, 6.45) is 7.07. The topological polar surface area (TPSA) is 0 Å². The molecule has 4 aliphatic rings. The molecule has 84 valence electrons. The lowest BCUT2D eigenvalue weighted by atomic mass is 9.82. The Bertz CT molecular complexity index is 334. The van der Waals surface area contributed by atoms with Crippen molar-refractivity contribution in [3.8, 4) is 0 Å². The zero-order valence-corrected chi connectivity index (χ0v) is 14.5. The first kappa shape index (κ1) is 10.8. The predicted molar refractivity (Wildman–Crippen MR) is 76.1 cm³/mol. The Morgan fingerprint density at radius 1 is 0.800 bits per heavy atom. The van der Waals surface area contributed by atoms with Gasteiger partial charge >= 0.3 is 0 Å². The van der Waals surface area contributed by atoms with Gasteiger partial charge in [0.05, 0.1) is 6.47 Å². The Morgan fingerprint density at radius 3 is 1.73 bits per heavy atom. The maximum Gasteiger partial charge on any atom is 0.0929 e. The molecule has 4 saturated carbocycles. The van der Waals surface area contributed by atoms with Crippen LogP contribution >= 0.6 is 63.7 Å². The monoisotopic (exact) mass is 460 g/mol. The largest absolute Gasteiger partial charge is 0.0929 e. The van der Waals surface area contributed by atoms with Crippen LogP contribution < -0.4 is 0 Å². The third-order valence-electron chi connectivity index (χ3n) is 5.76. The highest BCUT2D eigenvalue weighted by Crippen LogP contribution is 2.95. The summed E-state index contributed by atoms with van der Waals surface area (Å²) >= 11 is 15.7. The summed E-state index contributed by atoms with van der Waals surface area (Å²) in [4.78, 5) is 0. The highest BCUT2D eigenvalue weighted by molar-refractivity contribution is 9.26. The van der Waals surface area contributed by atoms with E-state index in [-0.39, 0.29) is 3.23 Å². The molecule has 0 aromatic carbocycles. The summed E-state index contributed by atoms with van der Waals surface area (Å²) < 4.78 is 0.572. The number of hydrogen-bond acceptors (Lipinski definition) is 0. The van der Waals surface area contributed by atoms with Crippen LogP contribution in [0.15, 0.2) is 0 Å². The highest BCUT2D eigenvalue weighted by Gasteiger charge is 2.91. The van der Waals surface area contributed by atoms with E-state index >= 15 is 0 Å². The van der Waals surface area contributed by atoms with E-state index in [0.717, 1.165) is 11.8 Å². The Hall–Kier alpha value is 1.92. The van der Waals surface area contributed by atoms with Gasteiger partial charge < -0.3 is 0 Å². The molecule has 0 spiro atoms. The Balaban J connectivity index is 1.77. The number of hydrogen-bond donors (Lipinski definition) is 0. The normalized spacial score (nSPS) is 61.6. The van der Waals surface area contributed by atoms with Crippen LogP contribution in [0.2, 0.25) is 0 Å². The summed E-state index contributed by atoms with van der Waals surface area (Å²) in [5.41, 5.74) is 1.15. The Morgan fingerprint density at radius 2 is 1.27 bits per heavy atom. The molecule has 4 heteroatoms. The van der Waals surface area contributed by atoms with Gasteiger partial charge in [-0.15, -0.1) is 0 Å². The Labute approximate surface area is 124 Å². The summed E-state index contributed by atoms with van der Waals surface area (Å²) in [6, 6.07) is 0. The average Bonchev–Trinajstić information content (AvgIpc) is 2.72. The quantitative estimate of drug-likeness (QED) is 0.435. The van der Waals surface area contributed by atoms with Gasteiger partial charge in [-0.05, 0) is 37.5 Å². The first-order chi connectivity index (χ1) is 6.89. The SMILES string of the molecule is BrC1(Br)[C@@H]2C[C@@]34CCC[C@]3(C[C@@H]21)C4(Br)Br. The highest BCUT2D eigenvalue weighted by atomic mass is 79.9. The van der Waals surface area contributed by atoms with Gasteiger partial charge in [-0.25, -0.2) is 0 Å². The van der Waals surface area contributed by atoms with E-state index in [0.29, 0.717) is 14.1 Å². The first-order valence-corrected chi connectivity index (χ1v) is 8.82. The van der Waals surface area contributed by atoms with E-state index in [2.05, 4.69) is 63.7 Å². The zero-order chi connectivity index (χ0) is 10.7. The van der Waals surface area contributed by atoms with E-state index < -0.39 is 0 Å². The lowest BCUT2D eigenvalue weighted by Gasteiger charge is -2.21. The summed E-state index contributed by atoms with van der Waals surface area (Å²) in [5, 5.41) is 0. The summed E-state index contributed by atoms with van der Waals surface area (Å²) in [7, 11) is 0. The second kappa shape index (κ2) is 2.60. The van der Waals surface area contributed by atoms with Crippen LogP contribution in [0.1, 0.15) is 32.1 Å². The minimum atomic E-state index is 0.280. The van der Waals surface area contributed by atoms with Gasteiger partial charge in [0.15, 0.2) is 0 Å². The smallest absolute Gasteiger partial charge is 0.0721 e. The van der Waals surface area contributed by atoms with Crippen molar-refractivity contribution in [3.05, 3.63) is 0 Å². The molecule has 0 nitrogen and oxygen atoms in total. The second-order valence-corrected chi connectivity index (χ2v) is 13.0. The van der Waals surface area contributed by atoms with Gasteiger partial charge in [-0.1, -0.05) is 70.1 Å². The number of rotatable bonds is 0. The molecule has 15 heavy (non-hydrogen) atoms. The molecule has 0 heterocycles. The Kier molecular flexibility index (Phi) is 1.87. The van der Waals surface area contributed by atoms with Crippen LogP contribution in [0.3, 0.4) is 0 Å². The molecule has 0 radical (unpaired) electrons. The van der Waals surface area contributed by atoms with E-state index in [1.807, 2.05) is 0 Å². The molecule has 0 aromatic rings. The van der Waals surface area contributed by atoms with Crippen LogP contribution in [0.5, 0.6) is 0 Å². The lowest BCUT2D eigenvalue weighted by molar-refractivity contribution is 0.265. The van der Waals surface area contributed by atoms with Crippen molar-refractivity contribution in [1.29, 1.82) is 0 Å². The van der Waals surface area contributed by atoms with Crippen LogP contribution in [-0.2, 0) is 0 Å². The maximum atomic E-state index is 3.98. The molecular formula is C11H12Br4. The molecule has 4 fully saturated rings. The molecule has 4 rings (SSSR count). The van der Waals surface area contributed by atoms with Crippen LogP contribution in [0, 0.1) is 22.7 Å². The van der Waals surface area contributed by atoms with Gasteiger partial charge in [-0.2, -0.15) is 0 Å². The third kappa shape index (κ3) is 0.889. The fourth-order valence-corrected chi connectivity index (χ4v) is 9.26. The molecule has 0 saturated heterocycles. The van der Waals surface area contributed by atoms with E-state index in [1.54, 1.807) is 0 Å². The first-order valence-electron chi connectivity index (χ1n) is 5.65. The average molecular weight is 464 g/mol. The van der Waals surface area contributed by atoms with Gasteiger partial charge in [0.2, 0.25) is 0 Å². The molecule has 0 N–H and O–H groups in total. The molecule has 0 unspecified atom stereocenters. The van der Waals surface area contributed by atoms with Crippen LogP contribution in [0.25, 0.3) is 0 Å². The fourth-order valence-electron chi connectivity index (χ4n) is 4.85. The number of fused-ring (bicyclic) bond motifs is 1. The van der Waals surface area contributed by atoms with Crippen molar-refractivity contribution in [2.75, 3.05) is 0 Å². The second-order valence-electron chi connectivity index (χ2n) is 5.89. The minimum absolute atomic E-state index is 0.280. The molecule has 4 atom stereocenters. The molecule has 0 aromatic heterocycles. The fraction of sp³-hybridized carbons (Fsp3) is 1.00. The van der Waals surface area contributed by atoms with E-state index in [4.69, 9.17) is 0 Å². The van der Waals surface area contributed by atoms with Crippen molar-refractivity contribution in [2.24, 2.45) is 22.7 Å². The molecular weight excluding hydrogens is 452 g/mol. The summed E-state index contributed by atoms with van der Waals surface area (Å²) in [5.74, 6) is 1.72. The van der Waals surface area contributed by atoms with E-state index in [9.17, 15) is 0 Å². The molecule has 0 amide bonds. The number of alkyl halides is 4. The number of halogens is 4. The standard InChI is InChI=1S/C11H12Br4/c12-10(13)6-4-8-2-1-3-9(8,5-7(6)10)11(8,14)15/h6-7H,1-5H2/t6-,7+,8+,9-. The van der Waals surface area contributed by atoms with Gasteiger partial charge in [0.25, 0.3) is 0 Å². The van der Waals surface area contributed by atoms with E-state index in [1.165, 1.54) is 32.1 Å². The van der Waals surface area contributed by atoms with Crippen LogP contribution in [0.4, 0.5) is 0 Å². The maximum absolute atomic E-state index is 3.98. The van der Waals surface area contributed by atoms with Crippen molar-refractivity contribution >= 4 is 63.7 Å².